The van der Waals surface area contributed by atoms with Crippen molar-refractivity contribution in [2.45, 2.75) is 71.1 Å². The summed E-state index contributed by atoms with van der Waals surface area (Å²) in [6, 6.07) is 21.3. The first-order chi connectivity index (χ1) is 27.7. The summed E-state index contributed by atoms with van der Waals surface area (Å²) in [6.07, 6.45) is 5.56. The molecule has 0 aliphatic carbocycles. The van der Waals surface area contributed by atoms with Gasteiger partial charge in [-0.15, -0.1) is 0 Å². The number of nitrogens with zero attached hydrogens (tertiary/aromatic N) is 5. The number of H-pyrrole nitrogens is 2. The molecule has 0 unspecified atom stereocenters. The minimum absolute atomic E-state index is 0. The molecule has 5 aromatic rings. The van der Waals surface area contributed by atoms with Gasteiger partial charge in [0.15, 0.2) is 6.04 Å². The molecule has 2 fully saturated rings. The number of rotatable bonds is 11. The van der Waals surface area contributed by atoms with Gasteiger partial charge in [-0.25, -0.2) is 19.8 Å². The number of carbonyl (C=O) groups excluding carboxylic acids is 3. The lowest BCUT2D eigenvalue weighted by atomic mass is 10.0. The van der Waals surface area contributed by atoms with Gasteiger partial charge in [0, 0.05) is 24.2 Å². The molecule has 0 saturated carbocycles. The number of carbonyl (C=O) groups is 3. The van der Waals surface area contributed by atoms with Gasteiger partial charge in [0.1, 0.15) is 17.7 Å². The number of fused-ring (bicyclic) bond motifs is 1. The molecule has 4 heterocycles. The van der Waals surface area contributed by atoms with E-state index in [4.69, 9.17) is 14.6 Å². The molecular weight excluding hydrogens is 833 g/mol. The van der Waals surface area contributed by atoms with Crippen LogP contribution in [0.4, 0.5) is 4.79 Å². The average molecular weight is 889 g/mol. The van der Waals surface area contributed by atoms with Crippen molar-refractivity contribution < 1.29 is 28.9 Å². The highest BCUT2D eigenvalue weighted by atomic mass is 32.1. The highest BCUT2D eigenvalue weighted by molar-refractivity contribution is 7.59. The summed E-state index contributed by atoms with van der Waals surface area (Å²) in [5.74, 6) is 7.59. The van der Waals surface area contributed by atoms with Crippen molar-refractivity contribution in [3.8, 4) is 23.1 Å². The average Bonchev–Trinajstić information content (AvgIpc) is 4.07. The lowest BCUT2D eigenvalue weighted by Gasteiger charge is -2.30. The van der Waals surface area contributed by atoms with Crippen LogP contribution in [-0.2, 0) is 24.1 Å². The van der Waals surface area contributed by atoms with Gasteiger partial charge in [-0.05, 0) is 73.1 Å². The molecule has 2 aliphatic heterocycles. The van der Waals surface area contributed by atoms with E-state index in [1.165, 1.54) is 14.2 Å². The van der Waals surface area contributed by atoms with Crippen molar-refractivity contribution in [2.24, 2.45) is 10.9 Å². The number of methoxy groups -OCH3 is 1. The van der Waals surface area contributed by atoms with Crippen molar-refractivity contribution >= 4 is 75.8 Å². The van der Waals surface area contributed by atoms with Crippen LogP contribution in [0.1, 0.15) is 93.4 Å². The zero-order chi connectivity index (χ0) is 39.9. The Morgan fingerprint density at radius 3 is 2.15 bits per heavy atom. The Morgan fingerprint density at radius 2 is 1.49 bits per heavy atom. The third-order valence-electron chi connectivity index (χ3n) is 10.4. The second kappa shape index (κ2) is 23.0. The Labute approximate surface area is 377 Å². The van der Waals surface area contributed by atoms with E-state index in [1.807, 2.05) is 91.5 Å². The second-order valence-corrected chi connectivity index (χ2v) is 14.4. The first-order valence-corrected chi connectivity index (χ1v) is 19.1. The number of hydrogen-bond donors (Lipinski definition) is 3. The number of amides is 3. The first kappa shape index (κ1) is 49.9. The maximum Gasteiger partial charge on any atom is 0.407 e. The van der Waals surface area contributed by atoms with Gasteiger partial charge >= 0.3 is 6.09 Å². The van der Waals surface area contributed by atoms with Crippen molar-refractivity contribution in [3.63, 3.8) is 0 Å². The molecular formula is C44H56N8O6S3. The number of alkyl carbamates (subject to hydrolysis) is 1. The summed E-state index contributed by atoms with van der Waals surface area (Å²) in [5.41, 5.74) is 5.86. The predicted octanol–water partition coefficient (Wildman–Crippen LogP) is 7.38. The molecule has 0 radical (unpaired) electrons. The summed E-state index contributed by atoms with van der Waals surface area (Å²) < 4.78 is 4.75. The summed E-state index contributed by atoms with van der Waals surface area (Å²) in [7, 11) is 2.67. The number of aliphatic imine (C=N–C) groups is 1. The number of aromatic amines is 2. The van der Waals surface area contributed by atoms with Crippen molar-refractivity contribution in [3.05, 3.63) is 107 Å². The van der Waals surface area contributed by atoms with Crippen LogP contribution < -0.4 is 5.32 Å². The van der Waals surface area contributed by atoms with E-state index < -0.39 is 18.2 Å². The number of benzene rings is 3. The van der Waals surface area contributed by atoms with Crippen LogP contribution in [0.2, 0.25) is 0 Å². The van der Waals surface area contributed by atoms with Gasteiger partial charge in [0.05, 0.1) is 49.2 Å². The van der Waals surface area contributed by atoms with Crippen LogP contribution in [0, 0.1) is 17.8 Å². The molecule has 2 aliphatic rings. The van der Waals surface area contributed by atoms with Crippen molar-refractivity contribution in [1.29, 1.82) is 0 Å². The zero-order valence-electron chi connectivity index (χ0n) is 33.9. The maximum absolute atomic E-state index is 13.9. The molecule has 0 bridgehead atoms. The fourth-order valence-corrected chi connectivity index (χ4v) is 7.52. The quantitative estimate of drug-likeness (QED) is 0.0406. The molecule has 2 saturated heterocycles. The van der Waals surface area contributed by atoms with Gasteiger partial charge in [0.2, 0.25) is 12.3 Å². The van der Waals surface area contributed by atoms with Gasteiger partial charge in [-0.3, -0.25) is 9.59 Å². The van der Waals surface area contributed by atoms with Crippen LogP contribution in [0.5, 0.6) is 0 Å². The lowest BCUT2D eigenvalue weighted by Crippen LogP contribution is -2.51. The minimum atomic E-state index is -0.777. The van der Waals surface area contributed by atoms with Crippen LogP contribution in [0.15, 0.2) is 84.0 Å². The van der Waals surface area contributed by atoms with Gasteiger partial charge in [-0.1, -0.05) is 75.6 Å². The first-order valence-electron chi connectivity index (χ1n) is 19.1. The Balaban J connectivity index is 0.00000248. The van der Waals surface area contributed by atoms with Crippen LogP contribution in [-0.4, -0.2) is 87.4 Å². The van der Waals surface area contributed by atoms with Crippen molar-refractivity contribution in [2.75, 3.05) is 27.3 Å². The summed E-state index contributed by atoms with van der Waals surface area (Å²) in [5, 5.41) is 2.69. The van der Waals surface area contributed by atoms with E-state index in [-0.39, 0.29) is 77.7 Å². The number of nitrogens with one attached hydrogen (secondary N) is 3. The molecule has 3 amide bonds. The molecule has 4 atom stereocenters. The molecule has 61 heavy (non-hydrogen) atoms. The predicted molar refractivity (Wildman–Crippen MR) is 251 cm³/mol. The topological polar surface area (TPSA) is 167 Å². The van der Waals surface area contributed by atoms with Crippen LogP contribution in [0.25, 0.3) is 22.3 Å². The zero-order valence-corrected chi connectivity index (χ0v) is 36.9. The number of aromatic nitrogens is 4. The SMILES string of the molecule is C.COOC=N[C@@H](C(=O)N1CCC[C@H]1c1nc2ccc(C#Cc3ccc(-c4cnc([C@@H]5CCCN5C(=O)[C@@H](NC(=O)OC)C(C)C)[nH]4)cc3)cc2[nH]1)c1ccccc1.S.S.S. The molecule has 326 valence electrons. The number of imidazole rings is 2. The third-order valence-corrected chi connectivity index (χ3v) is 10.4. The maximum atomic E-state index is 13.9. The Bertz CT molecular complexity index is 2310. The van der Waals surface area contributed by atoms with Crippen LogP contribution >= 0.6 is 40.5 Å². The summed E-state index contributed by atoms with van der Waals surface area (Å²) >= 11 is 0. The number of likely N-dealkylation sites (tertiary alicyclic amines) is 2. The number of ether oxygens (including phenoxy) is 1. The normalized spacial score (nSPS) is 16.6. The molecule has 14 nitrogen and oxygen atoms in total. The third kappa shape index (κ3) is 11.5. The lowest BCUT2D eigenvalue weighted by molar-refractivity contribution is -0.188. The molecule has 0 spiro atoms. The minimum Gasteiger partial charge on any atom is -0.453 e. The highest BCUT2D eigenvalue weighted by Gasteiger charge is 2.38. The Morgan fingerprint density at radius 1 is 0.852 bits per heavy atom. The van der Waals surface area contributed by atoms with Gasteiger partial charge in [0.25, 0.3) is 5.91 Å². The van der Waals surface area contributed by atoms with Gasteiger partial charge < -0.3 is 34.7 Å². The number of hydrogen-bond acceptors (Lipinski definition) is 9. The summed E-state index contributed by atoms with van der Waals surface area (Å²) in [6.45, 7) is 4.98. The van der Waals surface area contributed by atoms with E-state index in [2.05, 4.69) is 42.0 Å². The van der Waals surface area contributed by atoms with E-state index in [0.717, 1.165) is 76.9 Å². The second-order valence-electron chi connectivity index (χ2n) is 14.4. The molecule has 7 rings (SSSR count). The monoisotopic (exact) mass is 888 g/mol. The standard InChI is InChI=1S/C43H46N8O6.CH4.3H2S/c1-27(2)37(49-43(54)55-3)41(52)50-22-8-12-35(50)39-44-25-34(48-39)30-19-16-28(17-20-30)14-15-29-18-21-32-33(24-29)47-40(46-32)36-13-9-23-51(36)42(53)38(45-26-57-56-4)31-10-6-5-7-11-31;;;;/h5-7,10-11,16-21,24-27,35-38H,8-9,12-13,22-23H2,1-4H3,(H,44,48)(H,46,47)(H,49,54);1H4;3*1H2/t35-,36-,37-,38+;;;;/m0..../s1. The molecule has 17 heteroatoms. The largest absolute Gasteiger partial charge is 0.453 e. The molecule has 3 aromatic carbocycles. The van der Waals surface area contributed by atoms with E-state index in [1.54, 1.807) is 11.1 Å². The summed E-state index contributed by atoms with van der Waals surface area (Å²) in [4.78, 5) is 73.3. The molecule has 3 N–H and O–H groups in total. The Hall–Kier alpha value is -5.41. The van der Waals surface area contributed by atoms with Crippen LogP contribution in [0.3, 0.4) is 0 Å². The van der Waals surface area contributed by atoms with E-state index in [0.29, 0.717) is 18.9 Å². The van der Waals surface area contributed by atoms with Crippen molar-refractivity contribution in [1.82, 2.24) is 35.1 Å². The van der Waals surface area contributed by atoms with E-state index >= 15 is 0 Å². The smallest absolute Gasteiger partial charge is 0.407 e. The highest BCUT2D eigenvalue weighted by Crippen LogP contribution is 2.35. The fourth-order valence-electron chi connectivity index (χ4n) is 7.52. The van der Waals surface area contributed by atoms with E-state index in [9.17, 15) is 14.4 Å². The van der Waals surface area contributed by atoms with Gasteiger partial charge in [-0.2, -0.15) is 45.4 Å². The Kier molecular flexibility index (Phi) is 18.8. The fraction of sp³-hybridized carbons (Fsp3) is 0.364. The molecule has 2 aromatic heterocycles.